The topological polar surface area (TPSA) is 49.3 Å². The lowest BCUT2D eigenvalue weighted by Crippen LogP contribution is -2.37. The molecule has 3 aromatic carbocycles. The Labute approximate surface area is 204 Å². The van der Waals surface area contributed by atoms with Gasteiger partial charge in [-0.15, -0.1) is 0 Å². The van der Waals surface area contributed by atoms with Crippen LogP contribution >= 0.6 is 0 Å². The van der Waals surface area contributed by atoms with E-state index in [2.05, 4.69) is 29.6 Å². The maximum atomic E-state index is 13.2. The van der Waals surface area contributed by atoms with E-state index < -0.39 is 0 Å². The van der Waals surface area contributed by atoms with Crippen molar-refractivity contribution in [2.24, 2.45) is 5.92 Å². The van der Waals surface area contributed by atoms with E-state index in [9.17, 15) is 14.3 Å². The number of fused-ring (bicyclic) bond motifs is 5. The van der Waals surface area contributed by atoms with Gasteiger partial charge in [0.25, 0.3) is 0 Å². The van der Waals surface area contributed by atoms with Gasteiger partial charge < -0.3 is 10.4 Å². The maximum Gasteiger partial charge on any atom is 0.169 e. The molecule has 2 aliphatic carbocycles. The van der Waals surface area contributed by atoms with E-state index in [4.69, 9.17) is 0 Å². The van der Waals surface area contributed by atoms with Crippen LogP contribution in [0.15, 0.2) is 91.3 Å². The van der Waals surface area contributed by atoms with Gasteiger partial charge in [0, 0.05) is 29.4 Å². The summed E-state index contributed by atoms with van der Waals surface area (Å²) in [7, 11) is 0. The maximum absolute atomic E-state index is 13.2. The fourth-order valence-corrected chi connectivity index (χ4v) is 4.85. The van der Waals surface area contributed by atoms with Crippen LogP contribution in [0.5, 0.6) is 5.75 Å². The molecular weight excluding hydrogens is 437 g/mol. The Morgan fingerprint density at radius 2 is 1.66 bits per heavy atom. The van der Waals surface area contributed by atoms with Crippen molar-refractivity contribution in [2.45, 2.75) is 19.3 Å². The summed E-state index contributed by atoms with van der Waals surface area (Å²) in [5, 5.41) is 15.5. The van der Waals surface area contributed by atoms with Crippen LogP contribution in [0.3, 0.4) is 0 Å². The first-order chi connectivity index (χ1) is 17.1. The zero-order valence-electron chi connectivity index (χ0n) is 19.2. The minimum absolute atomic E-state index is 0.0299. The molecule has 35 heavy (non-hydrogen) atoms. The molecule has 1 heterocycles. The predicted molar refractivity (Wildman–Crippen MR) is 139 cm³/mol. The third kappa shape index (κ3) is 4.73. The molecule has 0 amide bonds. The highest BCUT2D eigenvalue weighted by molar-refractivity contribution is 6.01. The molecule has 0 fully saturated rings. The number of aromatic hydroxyl groups is 1. The molecule has 3 aliphatic rings. The van der Waals surface area contributed by atoms with Crippen molar-refractivity contribution in [3.05, 3.63) is 124 Å². The van der Waals surface area contributed by atoms with Crippen molar-refractivity contribution in [1.82, 2.24) is 5.32 Å². The molecule has 4 heteroatoms. The minimum atomic E-state index is -0.336. The first kappa shape index (κ1) is 22.6. The molecule has 0 saturated heterocycles. The van der Waals surface area contributed by atoms with Gasteiger partial charge in [-0.1, -0.05) is 48.6 Å². The van der Waals surface area contributed by atoms with Gasteiger partial charge in [0.15, 0.2) is 5.78 Å². The largest absolute Gasteiger partial charge is 0.507 e. The molecule has 1 aliphatic heterocycles. The molecule has 3 nitrogen and oxygen atoms in total. The number of halogens is 1. The number of nitrogens with one attached hydrogen (secondary N) is 1. The Kier molecular flexibility index (Phi) is 6.44. The lowest BCUT2D eigenvalue weighted by molar-refractivity contribution is 0.0946. The predicted octanol–water partition coefficient (Wildman–Crippen LogP) is 4.93. The average Bonchev–Trinajstić information content (AvgIpc) is 3.22. The first-order valence-corrected chi connectivity index (χ1v) is 11.8. The summed E-state index contributed by atoms with van der Waals surface area (Å²) in [5.41, 5.74) is 4.80. The second kappa shape index (κ2) is 9.98. The summed E-state index contributed by atoms with van der Waals surface area (Å²) >= 11 is 0. The molecule has 1 unspecified atom stereocenters. The van der Waals surface area contributed by atoms with Crippen molar-refractivity contribution >= 4 is 17.9 Å². The number of phenols is 1. The smallest absolute Gasteiger partial charge is 0.169 e. The Balaban J connectivity index is 0.000000313. The zero-order valence-corrected chi connectivity index (χ0v) is 19.2. The van der Waals surface area contributed by atoms with Crippen LogP contribution in [0.4, 0.5) is 4.39 Å². The Hall–Kier alpha value is -4.18. The number of ketones is 1. The molecule has 0 aromatic heterocycles. The number of carbonyl (C=O) groups is 1. The summed E-state index contributed by atoms with van der Waals surface area (Å²) < 4.78 is 13.2. The van der Waals surface area contributed by atoms with Crippen molar-refractivity contribution in [3.8, 4) is 16.9 Å². The molecule has 0 spiro atoms. The van der Waals surface area contributed by atoms with Gasteiger partial charge in [0.2, 0.25) is 0 Å². The zero-order chi connectivity index (χ0) is 24.2. The minimum Gasteiger partial charge on any atom is -0.507 e. The third-order valence-electron chi connectivity index (χ3n) is 6.58. The van der Waals surface area contributed by atoms with Gasteiger partial charge in [-0.3, -0.25) is 4.79 Å². The molecule has 174 valence electrons. The number of Topliss-reactive ketones (excluding diaryl/α,β-unsaturated/α-hetero) is 1. The number of hydrogen-bond donors (Lipinski definition) is 2. The standard InChI is InChI=1S/C25H19FO2.C6H7N/c26-19-10-6-17(7-11-19)25(28)18-5-4-15-8-13-21-20(22(15)14-18)12-9-16-2-1-3-23(27)24(16)21;1-2-4-6-7-5-3-1/h1-3,6-8,10-14,18,27H,4-5,9H2;1-7H. The van der Waals surface area contributed by atoms with Crippen molar-refractivity contribution < 1.29 is 14.3 Å². The van der Waals surface area contributed by atoms with E-state index in [1.165, 1.54) is 17.7 Å². The SMILES string of the molecule is C1=CC=CNC=C1.O=C(c1ccc(F)cc1)C1C=c2c(ccc3c2=CCc2cccc(O)c2-3)CC1. The molecule has 2 N–H and O–H groups in total. The van der Waals surface area contributed by atoms with Crippen LogP contribution in [-0.4, -0.2) is 10.9 Å². The molecule has 6 rings (SSSR count). The summed E-state index contributed by atoms with van der Waals surface area (Å²) in [6.45, 7) is 0. The van der Waals surface area contributed by atoms with Gasteiger partial charge in [-0.25, -0.2) is 4.39 Å². The lowest BCUT2D eigenvalue weighted by Gasteiger charge is -2.22. The molecule has 0 radical (unpaired) electrons. The van der Waals surface area contributed by atoms with Crippen LogP contribution in [0, 0.1) is 11.7 Å². The van der Waals surface area contributed by atoms with Crippen molar-refractivity contribution in [2.75, 3.05) is 0 Å². The van der Waals surface area contributed by atoms with E-state index in [1.807, 2.05) is 48.8 Å². The highest BCUT2D eigenvalue weighted by Gasteiger charge is 2.23. The molecular formula is C31H26FNO2. The van der Waals surface area contributed by atoms with E-state index in [1.54, 1.807) is 18.2 Å². The van der Waals surface area contributed by atoms with Crippen LogP contribution in [0.25, 0.3) is 23.3 Å². The molecule has 0 bridgehead atoms. The lowest BCUT2D eigenvalue weighted by atomic mass is 9.82. The first-order valence-electron chi connectivity index (χ1n) is 11.8. The summed E-state index contributed by atoms with van der Waals surface area (Å²) in [6.07, 6.45) is 18.2. The highest BCUT2D eigenvalue weighted by atomic mass is 19.1. The monoisotopic (exact) mass is 463 g/mol. The van der Waals surface area contributed by atoms with E-state index in [0.717, 1.165) is 46.4 Å². The second-order valence-electron chi connectivity index (χ2n) is 8.77. The Morgan fingerprint density at radius 1 is 0.886 bits per heavy atom. The quantitative estimate of drug-likeness (QED) is 0.530. The molecule has 3 aromatic rings. The van der Waals surface area contributed by atoms with Crippen molar-refractivity contribution in [1.29, 1.82) is 0 Å². The number of allylic oxidation sites excluding steroid dienone is 4. The van der Waals surface area contributed by atoms with Crippen LogP contribution < -0.4 is 15.8 Å². The Bertz CT molecular complexity index is 1470. The number of carbonyl (C=O) groups excluding carboxylic acids is 1. The number of phenolic OH excluding ortho intramolecular Hbond substituents is 1. The summed E-state index contributed by atoms with van der Waals surface area (Å²) in [4.78, 5) is 12.9. The summed E-state index contributed by atoms with van der Waals surface area (Å²) in [6, 6.07) is 15.6. The third-order valence-corrected chi connectivity index (χ3v) is 6.58. The van der Waals surface area contributed by atoms with Crippen LogP contribution in [0.1, 0.15) is 27.9 Å². The summed E-state index contributed by atoms with van der Waals surface area (Å²) in [5.74, 6) is -0.232. The molecule has 0 saturated carbocycles. The fraction of sp³-hybridized carbons (Fsp3) is 0.129. The van der Waals surface area contributed by atoms with Crippen LogP contribution in [-0.2, 0) is 12.8 Å². The van der Waals surface area contributed by atoms with E-state index in [-0.39, 0.29) is 17.5 Å². The number of aryl methyl sites for hydroxylation is 1. The number of benzene rings is 3. The number of rotatable bonds is 2. The number of hydrogen-bond acceptors (Lipinski definition) is 3. The van der Waals surface area contributed by atoms with Gasteiger partial charge in [-0.05, 0) is 88.9 Å². The second-order valence-corrected chi connectivity index (χ2v) is 8.77. The van der Waals surface area contributed by atoms with E-state index in [0.29, 0.717) is 11.3 Å². The van der Waals surface area contributed by atoms with Gasteiger partial charge in [0.1, 0.15) is 11.6 Å². The fourth-order valence-electron chi connectivity index (χ4n) is 4.85. The van der Waals surface area contributed by atoms with Gasteiger partial charge in [0.05, 0.1) is 0 Å². The average molecular weight is 464 g/mol. The molecule has 1 atom stereocenters. The highest BCUT2D eigenvalue weighted by Crippen LogP contribution is 2.33. The van der Waals surface area contributed by atoms with Gasteiger partial charge in [-0.2, -0.15) is 0 Å². The Morgan fingerprint density at radius 3 is 2.43 bits per heavy atom. The normalized spacial score (nSPS) is 16.7. The van der Waals surface area contributed by atoms with Crippen LogP contribution in [0.2, 0.25) is 0 Å². The van der Waals surface area contributed by atoms with Crippen molar-refractivity contribution in [3.63, 3.8) is 0 Å². The van der Waals surface area contributed by atoms with E-state index >= 15 is 0 Å². The van der Waals surface area contributed by atoms with Gasteiger partial charge >= 0.3 is 0 Å².